The first kappa shape index (κ1) is 14.3. The molecule has 1 heterocycles. The Bertz CT molecular complexity index is 682. The topological polar surface area (TPSA) is 56.8 Å². The number of benzene rings is 2. The molecule has 0 bridgehead atoms. The Labute approximate surface area is 128 Å². The van der Waals surface area contributed by atoms with Crippen molar-refractivity contribution in [1.82, 2.24) is 5.32 Å². The summed E-state index contributed by atoms with van der Waals surface area (Å²) in [7, 11) is 1.62. The Kier molecular flexibility index (Phi) is 3.87. The number of methoxy groups -OCH3 is 1. The maximum absolute atomic E-state index is 12.3. The van der Waals surface area contributed by atoms with Crippen molar-refractivity contribution in [3.05, 3.63) is 53.6 Å². The number of rotatable bonds is 4. The third kappa shape index (κ3) is 2.83. The monoisotopic (exact) mass is 299 g/mol. The molecule has 1 N–H and O–H groups in total. The number of hydrogen-bond acceptors (Lipinski definition) is 4. The van der Waals surface area contributed by atoms with E-state index in [0.717, 1.165) is 11.3 Å². The molecule has 1 aliphatic heterocycles. The first-order valence-corrected chi connectivity index (χ1v) is 7.02. The SMILES string of the molecule is COc1ccc(C(C)NC(=O)c2ccc3c(c2)OCO3)cc1. The summed E-state index contributed by atoms with van der Waals surface area (Å²) in [4.78, 5) is 12.3. The van der Waals surface area contributed by atoms with Crippen LogP contribution in [0.25, 0.3) is 0 Å². The van der Waals surface area contributed by atoms with Gasteiger partial charge in [0.15, 0.2) is 11.5 Å². The molecule has 1 atom stereocenters. The van der Waals surface area contributed by atoms with Crippen molar-refractivity contribution < 1.29 is 19.0 Å². The molecule has 0 aliphatic carbocycles. The van der Waals surface area contributed by atoms with Gasteiger partial charge in [-0.3, -0.25) is 4.79 Å². The van der Waals surface area contributed by atoms with Crippen molar-refractivity contribution in [3.63, 3.8) is 0 Å². The lowest BCUT2D eigenvalue weighted by molar-refractivity contribution is 0.0939. The number of nitrogens with one attached hydrogen (secondary N) is 1. The van der Waals surface area contributed by atoms with Crippen LogP contribution < -0.4 is 19.5 Å². The fourth-order valence-electron chi connectivity index (χ4n) is 2.29. The molecule has 5 heteroatoms. The maximum Gasteiger partial charge on any atom is 0.251 e. The molecule has 2 aromatic carbocycles. The van der Waals surface area contributed by atoms with E-state index in [1.165, 1.54) is 0 Å². The van der Waals surface area contributed by atoms with Gasteiger partial charge in [-0.25, -0.2) is 0 Å². The van der Waals surface area contributed by atoms with Gasteiger partial charge in [-0.15, -0.1) is 0 Å². The lowest BCUT2D eigenvalue weighted by Gasteiger charge is -2.15. The Morgan fingerprint density at radius 1 is 1.14 bits per heavy atom. The second-order valence-corrected chi connectivity index (χ2v) is 5.04. The van der Waals surface area contributed by atoms with Crippen LogP contribution >= 0.6 is 0 Å². The summed E-state index contributed by atoms with van der Waals surface area (Å²) in [5.41, 5.74) is 1.56. The van der Waals surface area contributed by atoms with Crippen LogP contribution in [0.15, 0.2) is 42.5 Å². The Balaban J connectivity index is 1.70. The van der Waals surface area contributed by atoms with Gasteiger partial charge in [-0.05, 0) is 42.8 Å². The second-order valence-electron chi connectivity index (χ2n) is 5.04. The fraction of sp³-hybridized carbons (Fsp3) is 0.235. The summed E-state index contributed by atoms with van der Waals surface area (Å²) in [6.45, 7) is 2.13. The van der Waals surface area contributed by atoms with Crippen molar-refractivity contribution in [3.8, 4) is 17.2 Å². The van der Waals surface area contributed by atoms with Crippen molar-refractivity contribution in [2.45, 2.75) is 13.0 Å². The van der Waals surface area contributed by atoms with E-state index in [2.05, 4.69) is 5.32 Å². The zero-order valence-corrected chi connectivity index (χ0v) is 12.5. The summed E-state index contributed by atoms with van der Waals surface area (Å²) < 4.78 is 15.7. The average Bonchev–Trinajstić information content (AvgIpc) is 3.02. The summed E-state index contributed by atoms with van der Waals surface area (Å²) in [5, 5.41) is 2.96. The van der Waals surface area contributed by atoms with E-state index in [1.54, 1.807) is 25.3 Å². The molecule has 0 fully saturated rings. The van der Waals surface area contributed by atoms with Gasteiger partial charge >= 0.3 is 0 Å². The van der Waals surface area contributed by atoms with E-state index in [-0.39, 0.29) is 18.7 Å². The molecule has 0 spiro atoms. The van der Waals surface area contributed by atoms with E-state index in [4.69, 9.17) is 14.2 Å². The molecule has 3 rings (SSSR count). The molecule has 5 nitrogen and oxygen atoms in total. The van der Waals surface area contributed by atoms with Gasteiger partial charge in [0.2, 0.25) is 6.79 Å². The number of amides is 1. The lowest BCUT2D eigenvalue weighted by atomic mass is 10.1. The quantitative estimate of drug-likeness (QED) is 0.943. The average molecular weight is 299 g/mol. The number of carbonyl (C=O) groups is 1. The van der Waals surface area contributed by atoms with Crippen LogP contribution in [0.1, 0.15) is 28.9 Å². The normalized spacial score (nSPS) is 13.5. The van der Waals surface area contributed by atoms with Gasteiger partial charge in [0.25, 0.3) is 5.91 Å². The van der Waals surface area contributed by atoms with E-state index >= 15 is 0 Å². The predicted molar refractivity (Wildman–Crippen MR) is 81.4 cm³/mol. The van der Waals surface area contributed by atoms with Crippen LogP contribution in [-0.4, -0.2) is 19.8 Å². The van der Waals surface area contributed by atoms with Crippen molar-refractivity contribution >= 4 is 5.91 Å². The minimum absolute atomic E-state index is 0.108. The predicted octanol–water partition coefficient (Wildman–Crippen LogP) is 2.91. The summed E-state index contributed by atoms with van der Waals surface area (Å²) in [6, 6.07) is 12.7. The van der Waals surface area contributed by atoms with Crippen LogP contribution in [0.2, 0.25) is 0 Å². The third-order valence-corrected chi connectivity index (χ3v) is 3.60. The van der Waals surface area contributed by atoms with Crippen molar-refractivity contribution in [2.75, 3.05) is 13.9 Å². The molecule has 114 valence electrons. The lowest BCUT2D eigenvalue weighted by Crippen LogP contribution is -2.26. The van der Waals surface area contributed by atoms with Gasteiger partial charge < -0.3 is 19.5 Å². The van der Waals surface area contributed by atoms with E-state index < -0.39 is 0 Å². The van der Waals surface area contributed by atoms with Gasteiger partial charge in [-0.1, -0.05) is 12.1 Å². The molecular formula is C17H17NO4. The molecule has 1 amide bonds. The largest absolute Gasteiger partial charge is 0.497 e. The van der Waals surface area contributed by atoms with Crippen LogP contribution in [0.4, 0.5) is 0 Å². The van der Waals surface area contributed by atoms with Gasteiger partial charge in [0.05, 0.1) is 13.2 Å². The Morgan fingerprint density at radius 3 is 2.59 bits per heavy atom. The second kappa shape index (κ2) is 5.97. The van der Waals surface area contributed by atoms with Crippen LogP contribution in [0, 0.1) is 0 Å². The Morgan fingerprint density at radius 2 is 1.86 bits per heavy atom. The number of carbonyl (C=O) groups excluding carboxylic acids is 1. The van der Waals surface area contributed by atoms with Crippen LogP contribution in [0.3, 0.4) is 0 Å². The molecule has 1 unspecified atom stereocenters. The summed E-state index contributed by atoms with van der Waals surface area (Å²) >= 11 is 0. The zero-order valence-electron chi connectivity index (χ0n) is 12.5. The third-order valence-electron chi connectivity index (χ3n) is 3.60. The van der Waals surface area contributed by atoms with Crippen molar-refractivity contribution in [2.24, 2.45) is 0 Å². The number of hydrogen-bond donors (Lipinski definition) is 1. The smallest absolute Gasteiger partial charge is 0.251 e. The van der Waals surface area contributed by atoms with Crippen LogP contribution in [0.5, 0.6) is 17.2 Å². The highest BCUT2D eigenvalue weighted by Gasteiger charge is 2.17. The molecule has 22 heavy (non-hydrogen) atoms. The molecule has 0 saturated carbocycles. The first-order valence-electron chi connectivity index (χ1n) is 7.02. The summed E-state index contributed by atoms with van der Waals surface area (Å²) in [5.74, 6) is 1.91. The first-order chi connectivity index (χ1) is 10.7. The van der Waals surface area contributed by atoms with Crippen molar-refractivity contribution in [1.29, 1.82) is 0 Å². The van der Waals surface area contributed by atoms with E-state index in [0.29, 0.717) is 17.1 Å². The van der Waals surface area contributed by atoms with Gasteiger partial charge in [0, 0.05) is 5.56 Å². The molecular weight excluding hydrogens is 282 g/mol. The van der Waals surface area contributed by atoms with Gasteiger partial charge in [0.1, 0.15) is 5.75 Å². The minimum Gasteiger partial charge on any atom is -0.497 e. The molecule has 2 aromatic rings. The van der Waals surface area contributed by atoms with Gasteiger partial charge in [-0.2, -0.15) is 0 Å². The molecule has 1 aliphatic rings. The fourth-order valence-corrected chi connectivity index (χ4v) is 2.29. The highest BCUT2D eigenvalue weighted by atomic mass is 16.7. The highest BCUT2D eigenvalue weighted by molar-refractivity contribution is 5.95. The minimum atomic E-state index is -0.151. The highest BCUT2D eigenvalue weighted by Crippen LogP contribution is 2.32. The molecule has 0 aromatic heterocycles. The summed E-state index contributed by atoms with van der Waals surface area (Å²) in [6.07, 6.45) is 0. The standard InChI is InChI=1S/C17H17NO4/c1-11(12-3-6-14(20-2)7-4-12)18-17(19)13-5-8-15-16(9-13)22-10-21-15/h3-9,11H,10H2,1-2H3,(H,18,19). The number of ether oxygens (including phenoxy) is 3. The zero-order chi connectivity index (χ0) is 15.5. The van der Waals surface area contributed by atoms with Crippen LogP contribution in [-0.2, 0) is 0 Å². The van der Waals surface area contributed by atoms with E-state index in [9.17, 15) is 4.79 Å². The number of fused-ring (bicyclic) bond motifs is 1. The maximum atomic E-state index is 12.3. The van der Waals surface area contributed by atoms with E-state index in [1.807, 2.05) is 31.2 Å². The Hall–Kier alpha value is -2.69. The molecule has 0 saturated heterocycles. The molecule has 0 radical (unpaired) electrons.